The average Bonchev–Trinajstić information content (AvgIpc) is 2.28. The number of piperidine rings is 1. The van der Waals surface area contributed by atoms with E-state index < -0.39 is 11.4 Å². The fourth-order valence-electron chi connectivity index (χ4n) is 2.66. The second-order valence-electron chi connectivity index (χ2n) is 6.38. The highest BCUT2D eigenvalue weighted by Crippen LogP contribution is 2.37. The minimum Gasteiger partial charge on any atom is -0.481 e. The molecule has 0 spiro atoms. The first-order valence-corrected chi connectivity index (χ1v) is 6.76. The van der Waals surface area contributed by atoms with Gasteiger partial charge in [-0.05, 0) is 19.3 Å². The number of hydrogen-bond donors (Lipinski definition) is 1. The van der Waals surface area contributed by atoms with E-state index in [4.69, 9.17) is 0 Å². The van der Waals surface area contributed by atoms with Crippen LogP contribution in [0.2, 0.25) is 0 Å². The van der Waals surface area contributed by atoms with Crippen molar-refractivity contribution in [1.82, 2.24) is 4.90 Å². The molecule has 0 aliphatic carbocycles. The lowest BCUT2D eigenvalue weighted by atomic mass is 9.74. The van der Waals surface area contributed by atoms with Gasteiger partial charge in [-0.1, -0.05) is 34.1 Å². The third-order valence-electron chi connectivity index (χ3n) is 3.83. The summed E-state index contributed by atoms with van der Waals surface area (Å²) >= 11 is 0. The molecule has 1 aliphatic rings. The molecule has 0 saturated carbocycles. The molecule has 0 bridgehead atoms. The van der Waals surface area contributed by atoms with Crippen molar-refractivity contribution >= 4 is 11.9 Å². The van der Waals surface area contributed by atoms with Crippen molar-refractivity contribution in [1.29, 1.82) is 0 Å². The first-order chi connectivity index (χ1) is 8.23. The predicted molar refractivity (Wildman–Crippen MR) is 70.2 cm³/mol. The summed E-state index contributed by atoms with van der Waals surface area (Å²) in [4.78, 5) is 25.4. The quantitative estimate of drug-likeness (QED) is 0.843. The van der Waals surface area contributed by atoms with E-state index >= 15 is 0 Å². The van der Waals surface area contributed by atoms with Crippen molar-refractivity contribution in [2.24, 2.45) is 10.8 Å². The van der Waals surface area contributed by atoms with Gasteiger partial charge in [0.05, 0.1) is 5.41 Å². The van der Waals surface area contributed by atoms with Crippen LogP contribution in [-0.4, -0.2) is 35.0 Å². The zero-order chi connectivity index (χ0) is 14.0. The number of amides is 1. The molecule has 104 valence electrons. The second-order valence-corrected chi connectivity index (χ2v) is 6.38. The summed E-state index contributed by atoms with van der Waals surface area (Å²) in [6.07, 6.45) is 2.75. The molecule has 1 rings (SSSR count). The van der Waals surface area contributed by atoms with Crippen molar-refractivity contribution in [2.45, 2.75) is 53.4 Å². The number of aliphatic carboxylic acids is 1. The number of rotatable bonds is 3. The Hall–Kier alpha value is -1.06. The highest BCUT2D eigenvalue weighted by molar-refractivity contribution is 5.82. The lowest BCUT2D eigenvalue weighted by Gasteiger charge is -2.40. The molecule has 0 radical (unpaired) electrons. The molecule has 1 amide bonds. The lowest BCUT2D eigenvalue weighted by Crippen LogP contribution is -2.49. The van der Waals surface area contributed by atoms with E-state index in [9.17, 15) is 14.7 Å². The Morgan fingerprint density at radius 1 is 1.22 bits per heavy atom. The Morgan fingerprint density at radius 3 is 2.06 bits per heavy atom. The van der Waals surface area contributed by atoms with Gasteiger partial charge in [0, 0.05) is 18.5 Å². The molecule has 1 aliphatic heterocycles. The van der Waals surface area contributed by atoms with Crippen LogP contribution in [0.5, 0.6) is 0 Å². The molecule has 4 heteroatoms. The summed E-state index contributed by atoms with van der Waals surface area (Å²) in [5.74, 6) is -0.579. The molecular formula is C14H25NO3. The molecular weight excluding hydrogens is 230 g/mol. The standard InChI is InChI=1S/C14H25NO3/c1-5-6-14(12(17)18)7-9-15(10-8-14)11(16)13(2,3)4/h5-10H2,1-4H3,(H,17,18). The molecule has 1 N–H and O–H groups in total. The summed E-state index contributed by atoms with van der Waals surface area (Å²) in [7, 11) is 0. The smallest absolute Gasteiger partial charge is 0.309 e. The molecule has 0 aromatic heterocycles. The number of carbonyl (C=O) groups is 2. The molecule has 0 aromatic carbocycles. The van der Waals surface area contributed by atoms with Crippen LogP contribution >= 0.6 is 0 Å². The van der Waals surface area contributed by atoms with E-state index in [2.05, 4.69) is 0 Å². The van der Waals surface area contributed by atoms with Crippen LogP contribution in [0.25, 0.3) is 0 Å². The first kappa shape index (κ1) is 15.0. The molecule has 4 nitrogen and oxygen atoms in total. The largest absolute Gasteiger partial charge is 0.481 e. The van der Waals surface area contributed by atoms with Crippen molar-refractivity contribution in [3.63, 3.8) is 0 Å². The topological polar surface area (TPSA) is 57.6 Å². The Labute approximate surface area is 109 Å². The third kappa shape index (κ3) is 3.03. The van der Waals surface area contributed by atoms with E-state index in [0.29, 0.717) is 32.4 Å². The predicted octanol–water partition coefficient (Wildman–Crippen LogP) is 2.53. The van der Waals surface area contributed by atoms with Crippen molar-refractivity contribution < 1.29 is 14.7 Å². The van der Waals surface area contributed by atoms with Gasteiger partial charge in [-0.3, -0.25) is 9.59 Å². The van der Waals surface area contributed by atoms with E-state index in [1.54, 1.807) is 0 Å². The maximum Gasteiger partial charge on any atom is 0.309 e. The third-order valence-corrected chi connectivity index (χ3v) is 3.83. The number of nitrogens with zero attached hydrogens (tertiary/aromatic N) is 1. The SMILES string of the molecule is CCCC1(C(=O)O)CCN(C(=O)C(C)(C)C)CC1. The van der Waals surface area contributed by atoms with Crippen molar-refractivity contribution in [2.75, 3.05) is 13.1 Å². The van der Waals surface area contributed by atoms with Gasteiger partial charge in [-0.2, -0.15) is 0 Å². The highest BCUT2D eigenvalue weighted by atomic mass is 16.4. The second kappa shape index (κ2) is 5.29. The fraction of sp³-hybridized carbons (Fsp3) is 0.857. The van der Waals surface area contributed by atoms with Crippen LogP contribution in [-0.2, 0) is 9.59 Å². The van der Waals surface area contributed by atoms with Crippen LogP contribution < -0.4 is 0 Å². The lowest BCUT2D eigenvalue weighted by molar-refractivity contribution is -0.156. The van der Waals surface area contributed by atoms with Crippen LogP contribution in [0.4, 0.5) is 0 Å². The van der Waals surface area contributed by atoms with Gasteiger partial charge in [0.1, 0.15) is 0 Å². The number of hydrogen-bond acceptors (Lipinski definition) is 2. The molecule has 0 atom stereocenters. The maximum absolute atomic E-state index is 12.1. The van der Waals surface area contributed by atoms with Gasteiger partial charge in [-0.25, -0.2) is 0 Å². The Morgan fingerprint density at radius 2 is 1.72 bits per heavy atom. The molecule has 1 saturated heterocycles. The summed E-state index contributed by atoms with van der Waals surface area (Å²) in [6.45, 7) is 8.86. The van der Waals surface area contributed by atoms with Gasteiger partial charge in [-0.15, -0.1) is 0 Å². The van der Waals surface area contributed by atoms with Gasteiger partial charge >= 0.3 is 5.97 Å². The Kier molecular flexibility index (Phi) is 4.41. The van der Waals surface area contributed by atoms with Crippen molar-refractivity contribution in [3.8, 4) is 0 Å². The molecule has 0 unspecified atom stereocenters. The summed E-state index contributed by atoms with van der Waals surface area (Å²) in [5, 5.41) is 9.40. The van der Waals surface area contributed by atoms with Gasteiger partial charge in [0.15, 0.2) is 0 Å². The number of carboxylic acid groups (broad SMARTS) is 1. The monoisotopic (exact) mass is 255 g/mol. The first-order valence-electron chi connectivity index (χ1n) is 6.76. The highest BCUT2D eigenvalue weighted by Gasteiger charge is 2.42. The van der Waals surface area contributed by atoms with Gasteiger partial charge in [0.2, 0.25) is 5.91 Å². The van der Waals surface area contributed by atoms with Gasteiger partial charge in [0.25, 0.3) is 0 Å². The minimum absolute atomic E-state index is 0.123. The van der Waals surface area contributed by atoms with Crippen LogP contribution in [0.15, 0.2) is 0 Å². The zero-order valence-corrected chi connectivity index (χ0v) is 12.0. The molecule has 1 heterocycles. The summed E-state index contributed by atoms with van der Waals surface area (Å²) in [5.41, 5.74) is -0.989. The Bertz CT molecular complexity index is 322. The van der Waals surface area contributed by atoms with E-state index in [1.807, 2.05) is 32.6 Å². The van der Waals surface area contributed by atoms with E-state index in [0.717, 1.165) is 6.42 Å². The molecule has 1 fully saturated rings. The summed E-state index contributed by atoms with van der Waals surface area (Å²) in [6, 6.07) is 0. The van der Waals surface area contributed by atoms with Gasteiger partial charge < -0.3 is 10.0 Å². The van der Waals surface area contributed by atoms with E-state index in [-0.39, 0.29) is 11.3 Å². The van der Waals surface area contributed by atoms with Crippen LogP contribution in [0.1, 0.15) is 53.4 Å². The number of likely N-dealkylation sites (tertiary alicyclic amines) is 1. The number of carbonyl (C=O) groups excluding carboxylic acids is 1. The van der Waals surface area contributed by atoms with Crippen LogP contribution in [0.3, 0.4) is 0 Å². The minimum atomic E-state index is -0.702. The Balaban J connectivity index is 2.70. The van der Waals surface area contributed by atoms with E-state index in [1.165, 1.54) is 0 Å². The van der Waals surface area contributed by atoms with Crippen LogP contribution in [0, 0.1) is 10.8 Å². The summed E-state index contributed by atoms with van der Waals surface area (Å²) < 4.78 is 0. The number of carboxylic acids is 1. The normalized spacial score (nSPS) is 19.7. The maximum atomic E-state index is 12.1. The average molecular weight is 255 g/mol. The zero-order valence-electron chi connectivity index (χ0n) is 12.0. The fourth-order valence-corrected chi connectivity index (χ4v) is 2.66. The van der Waals surface area contributed by atoms with Crippen molar-refractivity contribution in [3.05, 3.63) is 0 Å². The molecule has 18 heavy (non-hydrogen) atoms. The molecule has 0 aromatic rings.